The Morgan fingerprint density at radius 1 is 1.33 bits per heavy atom. The van der Waals surface area contributed by atoms with Gasteiger partial charge in [-0.05, 0) is 0 Å². The highest BCUT2D eigenvalue weighted by atomic mass is 16.7. The summed E-state index contributed by atoms with van der Waals surface area (Å²) in [5, 5.41) is 0. The van der Waals surface area contributed by atoms with E-state index in [2.05, 4.69) is 0 Å². The van der Waals surface area contributed by atoms with Crippen molar-refractivity contribution in [2.24, 2.45) is 5.41 Å². The Morgan fingerprint density at radius 2 is 2.00 bits per heavy atom. The van der Waals surface area contributed by atoms with E-state index < -0.39 is 5.41 Å². The molecule has 3 heteroatoms. The van der Waals surface area contributed by atoms with E-state index in [1.165, 1.54) is 0 Å². The minimum absolute atomic E-state index is 0.171. The molecular weight excluding hydrogens is 228 g/mol. The van der Waals surface area contributed by atoms with Crippen LogP contribution in [0.15, 0.2) is 30.3 Å². The predicted molar refractivity (Wildman–Crippen MR) is 69.1 cm³/mol. The van der Waals surface area contributed by atoms with E-state index in [1.54, 1.807) is 0 Å². The van der Waals surface area contributed by atoms with Gasteiger partial charge in [-0.3, -0.25) is 4.79 Å². The summed E-state index contributed by atoms with van der Waals surface area (Å²) in [6.07, 6.45) is 0.0124. The zero-order valence-corrected chi connectivity index (χ0v) is 11.2. The molecule has 0 radical (unpaired) electrons. The summed E-state index contributed by atoms with van der Waals surface area (Å²) in [6, 6.07) is 9.82. The molecule has 1 unspecified atom stereocenters. The Kier molecular flexibility index (Phi) is 3.83. The molecule has 1 aliphatic rings. The van der Waals surface area contributed by atoms with E-state index in [9.17, 15) is 4.79 Å². The van der Waals surface area contributed by atoms with Crippen LogP contribution in [0.25, 0.3) is 0 Å². The van der Waals surface area contributed by atoms with Gasteiger partial charge >= 0.3 is 0 Å². The molecule has 1 heterocycles. The lowest BCUT2D eigenvalue weighted by atomic mass is 9.81. The molecule has 2 rings (SSSR count). The minimum Gasteiger partial charge on any atom is -0.346 e. The molecule has 1 aliphatic heterocycles. The fourth-order valence-corrected chi connectivity index (χ4v) is 2.20. The maximum absolute atomic E-state index is 11.9. The van der Waals surface area contributed by atoms with Crippen LogP contribution < -0.4 is 0 Å². The maximum Gasteiger partial charge on any atom is 0.184 e. The van der Waals surface area contributed by atoms with Crippen molar-refractivity contribution in [3.63, 3.8) is 0 Å². The predicted octanol–water partition coefficient (Wildman–Crippen LogP) is 3.11. The molecule has 0 aromatic heterocycles. The third-order valence-electron chi connectivity index (χ3n) is 3.60. The Morgan fingerprint density at radius 3 is 2.61 bits per heavy atom. The third-order valence-corrected chi connectivity index (χ3v) is 3.60. The number of rotatable bonds is 4. The average molecular weight is 248 g/mol. The highest BCUT2D eigenvalue weighted by molar-refractivity contribution is 5.84. The van der Waals surface area contributed by atoms with Gasteiger partial charge in [0.25, 0.3) is 0 Å². The fraction of sp³-hybridized carbons (Fsp3) is 0.533. The van der Waals surface area contributed by atoms with Crippen molar-refractivity contribution in [2.75, 3.05) is 6.61 Å². The van der Waals surface area contributed by atoms with Gasteiger partial charge < -0.3 is 9.47 Å². The Bertz CT molecular complexity index is 411. The molecule has 2 atom stereocenters. The van der Waals surface area contributed by atoms with Crippen LogP contribution in [0.3, 0.4) is 0 Å². The molecule has 0 N–H and O–H groups in total. The molecule has 1 aromatic carbocycles. The monoisotopic (exact) mass is 248 g/mol. The summed E-state index contributed by atoms with van der Waals surface area (Å²) in [5.74, 6) is 0.213. The molecule has 0 bridgehead atoms. The van der Waals surface area contributed by atoms with Gasteiger partial charge in [0.2, 0.25) is 0 Å². The van der Waals surface area contributed by atoms with E-state index >= 15 is 0 Å². The van der Waals surface area contributed by atoms with Gasteiger partial charge in [-0.25, -0.2) is 0 Å². The second-order valence-electron chi connectivity index (χ2n) is 5.20. The molecule has 0 aliphatic carbocycles. The molecule has 0 amide bonds. The summed E-state index contributed by atoms with van der Waals surface area (Å²) in [4.78, 5) is 11.9. The normalized spacial score (nSPS) is 24.2. The molecule has 3 nitrogen and oxygen atoms in total. The van der Waals surface area contributed by atoms with E-state index in [-0.39, 0.29) is 18.2 Å². The largest absolute Gasteiger partial charge is 0.346 e. The second kappa shape index (κ2) is 5.21. The first-order chi connectivity index (χ1) is 8.55. The van der Waals surface area contributed by atoms with Crippen molar-refractivity contribution in [2.45, 2.75) is 39.6 Å². The molecule has 1 fully saturated rings. The summed E-state index contributed by atoms with van der Waals surface area (Å²) in [6.45, 7) is 6.22. The van der Waals surface area contributed by atoms with E-state index in [0.717, 1.165) is 5.56 Å². The SMILES string of the molecule is CCC(=O)C(C)(C)[C@@H]1COC(c2ccccc2)O1. The molecule has 1 aromatic rings. The maximum atomic E-state index is 11.9. The van der Waals surface area contributed by atoms with Crippen LogP contribution in [0.1, 0.15) is 39.0 Å². The molecule has 1 saturated heterocycles. The van der Waals surface area contributed by atoms with Gasteiger partial charge in [0, 0.05) is 12.0 Å². The van der Waals surface area contributed by atoms with Crippen LogP contribution in [-0.2, 0) is 14.3 Å². The van der Waals surface area contributed by atoms with Crippen LogP contribution >= 0.6 is 0 Å². The summed E-state index contributed by atoms with van der Waals surface area (Å²) >= 11 is 0. The minimum atomic E-state index is -0.488. The highest BCUT2D eigenvalue weighted by Gasteiger charge is 2.42. The van der Waals surface area contributed by atoms with Crippen LogP contribution in [0, 0.1) is 5.41 Å². The van der Waals surface area contributed by atoms with Crippen molar-refractivity contribution in [1.29, 1.82) is 0 Å². The lowest BCUT2D eigenvalue weighted by Gasteiger charge is -2.28. The molecule has 98 valence electrons. The van der Waals surface area contributed by atoms with Gasteiger partial charge in [-0.2, -0.15) is 0 Å². The van der Waals surface area contributed by atoms with Gasteiger partial charge in [-0.1, -0.05) is 51.1 Å². The molecule has 0 spiro atoms. The van der Waals surface area contributed by atoms with E-state index in [1.807, 2.05) is 51.1 Å². The number of Topliss-reactive ketones (excluding diaryl/α,β-unsaturated/α-hetero) is 1. The number of ether oxygens (including phenoxy) is 2. The van der Waals surface area contributed by atoms with Crippen molar-refractivity contribution in [1.82, 2.24) is 0 Å². The van der Waals surface area contributed by atoms with Gasteiger partial charge in [0.15, 0.2) is 6.29 Å². The second-order valence-corrected chi connectivity index (χ2v) is 5.20. The highest BCUT2D eigenvalue weighted by Crippen LogP contribution is 2.36. The zero-order valence-electron chi connectivity index (χ0n) is 11.2. The average Bonchev–Trinajstić information content (AvgIpc) is 2.89. The Hall–Kier alpha value is -1.19. The lowest BCUT2D eigenvalue weighted by molar-refractivity contribution is -0.136. The number of ketones is 1. The quantitative estimate of drug-likeness (QED) is 0.821. The third kappa shape index (κ3) is 2.47. The zero-order chi connectivity index (χ0) is 13.2. The first-order valence-corrected chi connectivity index (χ1v) is 6.41. The van der Waals surface area contributed by atoms with Gasteiger partial charge in [0.1, 0.15) is 5.78 Å². The van der Waals surface area contributed by atoms with Crippen molar-refractivity contribution in [3.05, 3.63) is 35.9 Å². The van der Waals surface area contributed by atoms with Gasteiger partial charge in [-0.15, -0.1) is 0 Å². The van der Waals surface area contributed by atoms with Crippen LogP contribution in [0.5, 0.6) is 0 Å². The van der Waals surface area contributed by atoms with E-state index in [4.69, 9.17) is 9.47 Å². The van der Waals surface area contributed by atoms with Crippen LogP contribution in [0.2, 0.25) is 0 Å². The van der Waals surface area contributed by atoms with Crippen molar-refractivity contribution >= 4 is 5.78 Å². The smallest absolute Gasteiger partial charge is 0.184 e. The Labute approximate surface area is 108 Å². The first-order valence-electron chi connectivity index (χ1n) is 6.41. The number of carbonyl (C=O) groups is 1. The van der Waals surface area contributed by atoms with Crippen molar-refractivity contribution < 1.29 is 14.3 Å². The molecule has 0 saturated carbocycles. The van der Waals surface area contributed by atoms with Crippen LogP contribution in [0.4, 0.5) is 0 Å². The summed E-state index contributed by atoms with van der Waals surface area (Å²) in [7, 11) is 0. The Balaban J connectivity index is 2.07. The van der Waals surface area contributed by atoms with E-state index in [0.29, 0.717) is 13.0 Å². The van der Waals surface area contributed by atoms with Crippen molar-refractivity contribution in [3.8, 4) is 0 Å². The molecular formula is C15H20O3. The standard InChI is InChI=1S/C15H20O3/c1-4-12(16)15(2,3)13-10-17-14(18-13)11-8-6-5-7-9-11/h5-9,13-14H,4,10H2,1-3H3/t13-,14?/m0/s1. The molecule has 18 heavy (non-hydrogen) atoms. The number of hydrogen-bond donors (Lipinski definition) is 0. The number of hydrogen-bond acceptors (Lipinski definition) is 3. The fourth-order valence-electron chi connectivity index (χ4n) is 2.20. The summed E-state index contributed by atoms with van der Waals surface area (Å²) in [5.41, 5.74) is 0.512. The topological polar surface area (TPSA) is 35.5 Å². The lowest BCUT2D eigenvalue weighted by Crippen LogP contribution is -2.38. The first kappa shape index (κ1) is 13.2. The summed E-state index contributed by atoms with van der Waals surface area (Å²) < 4.78 is 11.6. The number of benzene rings is 1. The number of carbonyl (C=O) groups excluding carboxylic acids is 1. The van der Waals surface area contributed by atoms with Crippen LogP contribution in [-0.4, -0.2) is 18.5 Å². The van der Waals surface area contributed by atoms with Gasteiger partial charge in [0.05, 0.1) is 18.1 Å².